The van der Waals surface area contributed by atoms with Crippen LogP contribution in [-0.4, -0.2) is 18.4 Å². The molecule has 0 bridgehead atoms. The first-order chi connectivity index (χ1) is 11.0. The van der Waals surface area contributed by atoms with Gasteiger partial charge in [0.25, 0.3) is 5.91 Å². The smallest absolute Gasteiger partial charge is 0.265 e. The van der Waals surface area contributed by atoms with Gasteiger partial charge in [-0.15, -0.1) is 11.3 Å². The van der Waals surface area contributed by atoms with Crippen molar-refractivity contribution in [2.75, 3.05) is 11.9 Å². The molecule has 0 aliphatic carbocycles. The number of aryl methyl sites for hydroxylation is 1. The lowest BCUT2D eigenvalue weighted by molar-refractivity contribution is -0.121. The minimum atomic E-state index is -0.0965. The van der Waals surface area contributed by atoms with Crippen LogP contribution in [0.4, 0.5) is 5.69 Å². The largest absolute Gasteiger partial charge is 0.356 e. The highest BCUT2D eigenvalue weighted by Crippen LogP contribution is 2.15. The van der Waals surface area contributed by atoms with Gasteiger partial charge < -0.3 is 10.6 Å². The topological polar surface area (TPSA) is 58.2 Å². The predicted molar refractivity (Wildman–Crippen MR) is 94.9 cm³/mol. The zero-order valence-corrected chi connectivity index (χ0v) is 14.3. The first-order valence-electron chi connectivity index (χ1n) is 7.75. The fraction of sp³-hybridized carbons (Fsp3) is 0.333. The van der Waals surface area contributed by atoms with Crippen LogP contribution in [0.1, 0.15) is 35.5 Å². The Bertz CT molecular complexity index is 634. The van der Waals surface area contributed by atoms with E-state index in [-0.39, 0.29) is 11.8 Å². The Morgan fingerprint density at radius 2 is 1.87 bits per heavy atom. The van der Waals surface area contributed by atoms with Crippen LogP contribution in [0.3, 0.4) is 0 Å². The maximum atomic E-state index is 11.9. The van der Waals surface area contributed by atoms with Crippen LogP contribution in [0, 0.1) is 5.92 Å². The van der Waals surface area contributed by atoms with Crippen molar-refractivity contribution in [2.45, 2.75) is 26.7 Å². The van der Waals surface area contributed by atoms with Crippen LogP contribution in [0.2, 0.25) is 0 Å². The summed E-state index contributed by atoms with van der Waals surface area (Å²) in [7, 11) is 0. The van der Waals surface area contributed by atoms with Crippen molar-refractivity contribution in [1.29, 1.82) is 0 Å². The van der Waals surface area contributed by atoms with E-state index in [4.69, 9.17) is 0 Å². The number of rotatable bonds is 7. The molecule has 2 rings (SSSR count). The monoisotopic (exact) mass is 330 g/mol. The summed E-state index contributed by atoms with van der Waals surface area (Å²) >= 11 is 1.41. The van der Waals surface area contributed by atoms with Gasteiger partial charge in [0.05, 0.1) is 4.88 Å². The van der Waals surface area contributed by atoms with Crippen molar-refractivity contribution in [3.05, 3.63) is 52.2 Å². The molecule has 1 heterocycles. The zero-order valence-electron chi connectivity index (χ0n) is 13.5. The Morgan fingerprint density at radius 1 is 1.13 bits per heavy atom. The molecule has 122 valence electrons. The molecule has 2 N–H and O–H groups in total. The van der Waals surface area contributed by atoms with Crippen LogP contribution < -0.4 is 10.6 Å². The lowest BCUT2D eigenvalue weighted by atomic mass is 10.1. The third-order valence-electron chi connectivity index (χ3n) is 3.30. The van der Waals surface area contributed by atoms with Gasteiger partial charge in [0.2, 0.25) is 5.91 Å². The second-order valence-corrected chi connectivity index (χ2v) is 6.77. The van der Waals surface area contributed by atoms with E-state index in [1.165, 1.54) is 11.3 Å². The van der Waals surface area contributed by atoms with Gasteiger partial charge in [0.15, 0.2) is 0 Å². The van der Waals surface area contributed by atoms with Crippen LogP contribution >= 0.6 is 11.3 Å². The number of hydrogen-bond donors (Lipinski definition) is 2. The number of carbonyl (C=O) groups excluding carboxylic acids is 2. The van der Waals surface area contributed by atoms with Gasteiger partial charge in [0, 0.05) is 18.7 Å². The summed E-state index contributed by atoms with van der Waals surface area (Å²) in [6.45, 7) is 4.86. The highest BCUT2D eigenvalue weighted by molar-refractivity contribution is 7.12. The highest BCUT2D eigenvalue weighted by Gasteiger charge is 2.07. The molecule has 0 saturated carbocycles. The molecule has 4 nitrogen and oxygen atoms in total. The van der Waals surface area contributed by atoms with Gasteiger partial charge in [-0.25, -0.2) is 0 Å². The zero-order chi connectivity index (χ0) is 16.7. The molecule has 0 saturated heterocycles. The molecule has 5 heteroatoms. The van der Waals surface area contributed by atoms with Crippen LogP contribution in [0.25, 0.3) is 0 Å². The predicted octanol–water partition coefficient (Wildman–Crippen LogP) is 3.71. The van der Waals surface area contributed by atoms with E-state index in [1.807, 2.05) is 35.7 Å². The fourth-order valence-electron chi connectivity index (χ4n) is 2.02. The molecule has 0 fully saturated rings. The molecule has 0 aliphatic rings. The molecule has 1 aromatic heterocycles. The van der Waals surface area contributed by atoms with Gasteiger partial charge in [-0.3, -0.25) is 9.59 Å². The van der Waals surface area contributed by atoms with Crippen LogP contribution in [0.15, 0.2) is 41.8 Å². The molecular formula is C18H22N2O2S. The van der Waals surface area contributed by atoms with Gasteiger partial charge in [-0.1, -0.05) is 32.0 Å². The Hall–Kier alpha value is -2.14. The third-order valence-corrected chi connectivity index (χ3v) is 4.17. The average molecular weight is 330 g/mol. The number of carbonyl (C=O) groups is 2. The van der Waals surface area contributed by atoms with Gasteiger partial charge in [0.1, 0.15) is 0 Å². The molecule has 23 heavy (non-hydrogen) atoms. The Morgan fingerprint density at radius 3 is 2.48 bits per heavy atom. The van der Waals surface area contributed by atoms with Crippen LogP contribution in [0.5, 0.6) is 0 Å². The van der Waals surface area contributed by atoms with E-state index < -0.39 is 0 Å². The molecule has 1 aromatic carbocycles. The Balaban J connectivity index is 1.80. The first-order valence-corrected chi connectivity index (χ1v) is 8.63. The molecule has 0 radical (unpaired) electrons. The lowest BCUT2D eigenvalue weighted by Crippen LogP contribution is -2.27. The van der Waals surface area contributed by atoms with Crippen molar-refractivity contribution in [3.63, 3.8) is 0 Å². The molecule has 0 spiro atoms. The second-order valence-electron chi connectivity index (χ2n) is 5.83. The summed E-state index contributed by atoms with van der Waals surface area (Å²) in [4.78, 5) is 24.3. The van der Waals surface area contributed by atoms with Crippen molar-refractivity contribution >= 4 is 28.8 Å². The molecule has 0 aliphatic heterocycles. The summed E-state index contributed by atoms with van der Waals surface area (Å²) in [5.41, 5.74) is 1.84. The quantitative estimate of drug-likeness (QED) is 0.813. The Labute approximate surface area is 140 Å². The summed E-state index contributed by atoms with van der Waals surface area (Å²) in [5.74, 6) is 0.444. The van der Waals surface area contributed by atoms with E-state index in [0.29, 0.717) is 30.2 Å². The maximum Gasteiger partial charge on any atom is 0.265 e. The fourth-order valence-corrected chi connectivity index (χ4v) is 2.64. The lowest BCUT2D eigenvalue weighted by Gasteiger charge is -2.08. The third kappa shape index (κ3) is 5.87. The number of anilines is 1. The number of hydrogen-bond acceptors (Lipinski definition) is 3. The SMILES string of the molecule is CC(C)CNC(=O)CCc1ccc(NC(=O)c2cccs2)cc1. The minimum Gasteiger partial charge on any atom is -0.356 e. The number of nitrogens with one attached hydrogen (secondary N) is 2. The van der Waals surface area contributed by atoms with E-state index >= 15 is 0 Å². The van der Waals surface area contributed by atoms with Crippen LogP contribution in [-0.2, 0) is 11.2 Å². The number of benzene rings is 1. The van der Waals surface area contributed by atoms with Gasteiger partial charge >= 0.3 is 0 Å². The molecular weight excluding hydrogens is 308 g/mol. The van der Waals surface area contributed by atoms with Crippen molar-refractivity contribution in [1.82, 2.24) is 5.32 Å². The summed E-state index contributed by atoms with van der Waals surface area (Å²) in [6.07, 6.45) is 1.18. The summed E-state index contributed by atoms with van der Waals surface area (Å²) < 4.78 is 0. The maximum absolute atomic E-state index is 11.9. The molecule has 0 atom stereocenters. The van der Waals surface area contributed by atoms with E-state index in [2.05, 4.69) is 24.5 Å². The normalized spacial score (nSPS) is 10.6. The number of amides is 2. The van der Waals surface area contributed by atoms with Crippen molar-refractivity contribution in [2.24, 2.45) is 5.92 Å². The summed E-state index contributed by atoms with van der Waals surface area (Å²) in [5, 5.41) is 7.65. The van der Waals surface area contributed by atoms with E-state index in [9.17, 15) is 9.59 Å². The average Bonchev–Trinajstić information content (AvgIpc) is 3.07. The van der Waals surface area contributed by atoms with Gasteiger partial charge in [-0.05, 0) is 41.5 Å². The standard InChI is InChI=1S/C18H22N2O2S/c1-13(2)12-19-17(21)10-7-14-5-8-15(9-6-14)20-18(22)16-4-3-11-23-16/h3-6,8-9,11,13H,7,10,12H2,1-2H3,(H,19,21)(H,20,22). The number of thiophene rings is 1. The van der Waals surface area contributed by atoms with Crippen molar-refractivity contribution < 1.29 is 9.59 Å². The summed E-state index contributed by atoms with van der Waals surface area (Å²) in [6, 6.07) is 11.3. The van der Waals surface area contributed by atoms with Crippen molar-refractivity contribution in [3.8, 4) is 0 Å². The Kier molecular flexibility index (Phi) is 6.35. The minimum absolute atomic E-state index is 0.0776. The highest BCUT2D eigenvalue weighted by atomic mass is 32.1. The molecule has 2 aromatic rings. The second kappa shape index (κ2) is 8.48. The first kappa shape index (κ1) is 17.2. The molecule has 2 amide bonds. The molecule has 0 unspecified atom stereocenters. The van der Waals surface area contributed by atoms with E-state index in [1.54, 1.807) is 6.07 Å². The van der Waals surface area contributed by atoms with E-state index in [0.717, 1.165) is 11.3 Å². The van der Waals surface area contributed by atoms with Gasteiger partial charge in [-0.2, -0.15) is 0 Å².